The van der Waals surface area contributed by atoms with E-state index >= 15 is 0 Å². The zero-order valence-corrected chi connectivity index (χ0v) is 24.4. The van der Waals surface area contributed by atoms with Crippen molar-refractivity contribution in [2.75, 3.05) is 19.8 Å². The highest BCUT2D eigenvalue weighted by Crippen LogP contribution is 2.29. The van der Waals surface area contributed by atoms with E-state index in [9.17, 15) is 36.7 Å². The van der Waals surface area contributed by atoms with Gasteiger partial charge in [-0.3, -0.25) is 14.4 Å². The number of halogens is 4. The van der Waals surface area contributed by atoms with Crippen LogP contribution in [0.5, 0.6) is 0 Å². The van der Waals surface area contributed by atoms with Crippen molar-refractivity contribution in [1.82, 2.24) is 16.0 Å². The molecule has 0 spiro atoms. The quantitative estimate of drug-likeness (QED) is 0.203. The van der Waals surface area contributed by atoms with Gasteiger partial charge in [-0.15, -0.1) is 0 Å². The molecule has 2 rings (SSSR count). The van der Waals surface area contributed by atoms with Crippen molar-refractivity contribution in [3.05, 3.63) is 35.9 Å². The standard InChI is InChI=1S/C25H33F4N3O8.C2H6/c1-24(2,3)40-23(36)32-17(12-38-22(28)29)20(35)31-16(11-37-21(26)27)19(34)30-15(18(33)25(4)13-39-25)10-14-8-6-5-7-9-14;1-2/h5-9,15-17,21-22H,10-13H2,1-4H3,(H,30,34)(H,31,35)(H,32,36);1-2H3/t15?,16-,17?,25?;/m0./s1. The first-order valence-electron chi connectivity index (χ1n) is 13.2. The van der Waals surface area contributed by atoms with Crippen LogP contribution in [0.25, 0.3) is 0 Å². The summed E-state index contributed by atoms with van der Waals surface area (Å²) in [5.74, 6) is -2.81. The molecule has 1 heterocycles. The van der Waals surface area contributed by atoms with E-state index in [0.29, 0.717) is 5.56 Å². The molecule has 15 heteroatoms. The van der Waals surface area contributed by atoms with Gasteiger partial charge in [0.2, 0.25) is 11.8 Å². The lowest BCUT2D eigenvalue weighted by molar-refractivity contribution is -0.152. The first-order chi connectivity index (χ1) is 19.6. The van der Waals surface area contributed by atoms with Crippen LogP contribution >= 0.6 is 0 Å². The Kier molecular flexibility index (Phi) is 14.8. The second-order valence-corrected chi connectivity index (χ2v) is 10.1. The summed E-state index contributed by atoms with van der Waals surface area (Å²) >= 11 is 0. The summed E-state index contributed by atoms with van der Waals surface area (Å²) in [5, 5.41) is 6.55. The first-order valence-corrected chi connectivity index (χ1v) is 13.2. The lowest BCUT2D eigenvalue weighted by Gasteiger charge is -2.26. The number of carbonyl (C=O) groups is 4. The Morgan fingerprint density at radius 3 is 1.74 bits per heavy atom. The number of Topliss-reactive ketones (excluding diaryl/α,β-unsaturated/α-hetero) is 1. The zero-order chi connectivity index (χ0) is 32.1. The Morgan fingerprint density at radius 1 is 0.857 bits per heavy atom. The number of epoxide rings is 1. The van der Waals surface area contributed by atoms with Crippen molar-refractivity contribution in [2.45, 2.75) is 90.5 Å². The van der Waals surface area contributed by atoms with Gasteiger partial charge in [0.1, 0.15) is 23.3 Å². The van der Waals surface area contributed by atoms with Crippen molar-refractivity contribution in [1.29, 1.82) is 0 Å². The van der Waals surface area contributed by atoms with Gasteiger partial charge in [-0.25, -0.2) is 4.79 Å². The van der Waals surface area contributed by atoms with Gasteiger partial charge in [-0.05, 0) is 39.7 Å². The minimum Gasteiger partial charge on any atom is -0.444 e. The van der Waals surface area contributed by atoms with E-state index in [0.717, 1.165) is 0 Å². The topological polar surface area (TPSA) is 145 Å². The van der Waals surface area contributed by atoms with Crippen LogP contribution in [0, 0.1) is 0 Å². The highest BCUT2D eigenvalue weighted by atomic mass is 19.3. The summed E-state index contributed by atoms with van der Waals surface area (Å²) in [5.41, 5.74) is -1.50. The predicted octanol–water partition coefficient (Wildman–Crippen LogP) is 2.95. The minimum atomic E-state index is -3.33. The highest BCUT2D eigenvalue weighted by molar-refractivity contribution is 5.98. The van der Waals surface area contributed by atoms with E-state index < -0.39 is 79.5 Å². The third kappa shape index (κ3) is 13.6. The number of hydrogen-bond acceptors (Lipinski definition) is 8. The molecule has 42 heavy (non-hydrogen) atoms. The van der Waals surface area contributed by atoms with Gasteiger partial charge in [0, 0.05) is 0 Å². The maximum absolute atomic E-state index is 13.1. The third-order valence-corrected chi connectivity index (χ3v) is 5.43. The summed E-state index contributed by atoms with van der Waals surface area (Å²) in [6.07, 6.45) is -1.15. The van der Waals surface area contributed by atoms with E-state index in [1.54, 1.807) is 30.3 Å². The van der Waals surface area contributed by atoms with Crippen molar-refractivity contribution in [2.24, 2.45) is 0 Å². The molecule has 1 aromatic rings. The van der Waals surface area contributed by atoms with Gasteiger partial charge in [0.05, 0.1) is 25.9 Å². The minimum absolute atomic E-state index is 0.0196. The molecule has 1 aromatic carbocycles. The van der Waals surface area contributed by atoms with Crippen molar-refractivity contribution in [3.8, 4) is 0 Å². The van der Waals surface area contributed by atoms with Crippen LogP contribution in [-0.4, -0.2) is 86.1 Å². The average Bonchev–Trinajstić information content (AvgIpc) is 3.66. The number of benzene rings is 1. The van der Waals surface area contributed by atoms with Gasteiger partial charge in [-0.2, -0.15) is 17.6 Å². The average molecular weight is 610 g/mol. The second kappa shape index (κ2) is 17.0. The number of alkyl carbamates (subject to hydrolysis) is 1. The molecule has 238 valence electrons. The Hall–Kier alpha value is -3.30. The molecule has 3 unspecified atom stereocenters. The van der Waals surface area contributed by atoms with Crippen LogP contribution in [0.15, 0.2) is 30.3 Å². The van der Waals surface area contributed by atoms with Gasteiger partial charge in [0.25, 0.3) is 0 Å². The van der Waals surface area contributed by atoms with Crippen LogP contribution in [0.2, 0.25) is 0 Å². The Morgan fingerprint density at radius 2 is 1.31 bits per heavy atom. The number of rotatable bonds is 15. The van der Waals surface area contributed by atoms with Crippen LogP contribution in [-0.2, 0) is 39.8 Å². The van der Waals surface area contributed by atoms with Crippen LogP contribution in [0.4, 0.5) is 22.4 Å². The molecule has 3 N–H and O–H groups in total. The van der Waals surface area contributed by atoms with E-state index in [-0.39, 0.29) is 13.0 Å². The molecule has 0 bridgehead atoms. The number of ether oxygens (including phenoxy) is 4. The molecule has 11 nitrogen and oxygen atoms in total. The molecule has 1 saturated heterocycles. The maximum atomic E-state index is 13.1. The molecule has 0 aromatic heterocycles. The Labute approximate surface area is 242 Å². The SMILES string of the molecule is CC.CC(C)(C)OC(=O)NC(COC(F)F)C(=O)N[C@@H](COC(F)F)C(=O)NC(Cc1ccccc1)C(=O)C1(C)CO1. The van der Waals surface area contributed by atoms with Crippen molar-refractivity contribution in [3.63, 3.8) is 0 Å². The largest absolute Gasteiger partial charge is 0.444 e. The van der Waals surface area contributed by atoms with Gasteiger partial charge >= 0.3 is 19.3 Å². The van der Waals surface area contributed by atoms with Gasteiger partial charge in [-0.1, -0.05) is 44.2 Å². The van der Waals surface area contributed by atoms with Crippen molar-refractivity contribution >= 4 is 23.7 Å². The maximum Gasteiger partial charge on any atom is 0.408 e. The molecule has 0 radical (unpaired) electrons. The van der Waals surface area contributed by atoms with Gasteiger partial charge < -0.3 is 34.9 Å². The lowest BCUT2D eigenvalue weighted by Crippen LogP contribution is -2.59. The fourth-order valence-corrected chi connectivity index (χ4v) is 3.38. The molecular formula is C27H39F4N3O8. The zero-order valence-electron chi connectivity index (χ0n) is 24.4. The van der Waals surface area contributed by atoms with Crippen LogP contribution in [0.3, 0.4) is 0 Å². The van der Waals surface area contributed by atoms with Crippen molar-refractivity contribution < 1.29 is 55.7 Å². The fourth-order valence-electron chi connectivity index (χ4n) is 3.38. The van der Waals surface area contributed by atoms with Crippen LogP contribution in [0.1, 0.15) is 47.1 Å². The van der Waals surface area contributed by atoms with E-state index in [2.05, 4.69) is 20.1 Å². The first kappa shape index (κ1) is 36.7. The molecule has 4 atom stereocenters. The van der Waals surface area contributed by atoms with Gasteiger partial charge in [0.15, 0.2) is 5.78 Å². The van der Waals surface area contributed by atoms with E-state index in [1.165, 1.54) is 27.7 Å². The lowest BCUT2D eigenvalue weighted by atomic mass is 9.94. The summed E-state index contributed by atoms with van der Waals surface area (Å²) in [4.78, 5) is 51.2. The predicted molar refractivity (Wildman–Crippen MR) is 142 cm³/mol. The summed E-state index contributed by atoms with van der Waals surface area (Å²) in [6.45, 7) is 1.44. The molecule has 3 amide bonds. The number of carbonyl (C=O) groups excluding carboxylic acids is 4. The normalized spacial score (nSPS) is 18.2. The molecular weight excluding hydrogens is 570 g/mol. The number of amides is 3. The summed E-state index contributed by atoms with van der Waals surface area (Å²) in [6, 6.07) is 3.78. The molecule has 1 aliphatic rings. The third-order valence-electron chi connectivity index (χ3n) is 5.43. The number of nitrogens with one attached hydrogen (secondary N) is 3. The van der Waals surface area contributed by atoms with Crippen LogP contribution < -0.4 is 16.0 Å². The molecule has 0 aliphatic carbocycles. The number of alkyl halides is 4. The second-order valence-electron chi connectivity index (χ2n) is 10.1. The summed E-state index contributed by atoms with van der Waals surface area (Å²) < 4.78 is 69.5. The monoisotopic (exact) mass is 609 g/mol. The molecule has 1 fully saturated rings. The number of hydrogen-bond donors (Lipinski definition) is 3. The molecule has 1 aliphatic heterocycles. The Balaban J connectivity index is 0.00000431. The van der Waals surface area contributed by atoms with E-state index in [4.69, 9.17) is 9.47 Å². The fraction of sp³-hybridized carbons (Fsp3) is 0.630. The van der Waals surface area contributed by atoms with E-state index in [1.807, 2.05) is 19.2 Å². The summed E-state index contributed by atoms with van der Waals surface area (Å²) in [7, 11) is 0. The Bertz CT molecular complexity index is 1020. The molecule has 0 saturated carbocycles. The smallest absolute Gasteiger partial charge is 0.408 e. The number of ketones is 1. The highest BCUT2D eigenvalue weighted by Gasteiger charge is 2.50.